The Balaban J connectivity index is 0.914. The second kappa shape index (κ2) is 51.6. The standard InChI is InChI=1S/C89H137N17O17S/c1-16-60(8)80(72(119-14)53-76(110)106-41-22-27-71(106)81(120-15)61(9)83(113)98-69(86-93-40-50-124-86)51-62-23-18-17-19-24-62)101(12)87(116)78(58(4)5)99-85(115)79(59(6)7)102(13)89(118)123-56-63-28-30-65(31-29-63)96-84(114)68(26-21-39-94-88(90)117)95-54-70(57(2)3)97-73(107)32-33-75(109)104(45-47-122-49-48-121-46-37-77(111)112)66-34-42-103(43-35-66)74(108)36-44-105-67(55-100(11)91-10)52-64-25-20-38-92-82(64)105/h17-20,23-25,28-31,38,40,50,52,57-61,66,68-72,78-81,91,95H,16,21-22,26-27,32-37,39,41-49,51,53-56H2,1-15H3,(H,96,114)(H,97,107)(H,98,113)(H,99,115)(H,111,112)(H3,90,94,117)/t60-,61+,68-,69-,70+,71-,72+,78-,79-,80-,81+/m0/s1. The number of thiazole rings is 1. The Morgan fingerprint density at radius 3 is 2.06 bits per heavy atom. The number of aliphatic carboxylic acids is 1. The summed E-state index contributed by atoms with van der Waals surface area (Å²) >= 11 is 1.47. The van der Waals surface area contributed by atoms with E-state index in [0.717, 1.165) is 27.3 Å². The van der Waals surface area contributed by atoms with E-state index < -0.39 is 102 Å². The van der Waals surface area contributed by atoms with Gasteiger partial charge in [0, 0.05) is 147 Å². The highest BCUT2D eigenvalue weighted by atomic mass is 32.1. The largest absolute Gasteiger partial charge is 0.481 e. The summed E-state index contributed by atoms with van der Waals surface area (Å²) in [4.78, 5) is 169. The molecular weight excluding hydrogens is 1610 g/mol. The van der Waals surface area contributed by atoms with Crippen LogP contribution in [0.15, 0.2) is 90.6 Å². The molecule has 0 bridgehead atoms. The topological polar surface area (TPSA) is 415 Å². The number of nitrogens with zero attached hydrogens (tertiary/aromatic N) is 9. The molecule has 10 N–H and O–H groups in total. The number of methoxy groups -OCH3 is 2. The average Bonchev–Trinajstić information content (AvgIpc) is 1.65. The minimum atomic E-state index is -1.09. The average molecular weight is 1750 g/mol. The Morgan fingerprint density at radius 1 is 0.718 bits per heavy atom. The molecule has 2 aromatic carbocycles. The summed E-state index contributed by atoms with van der Waals surface area (Å²) in [5.74, 6) is -5.32. The summed E-state index contributed by atoms with van der Waals surface area (Å²) in [6.45, 7) is 20.0. The first-order valence-electron chi connectivity index (χ1n) is 43.6. The third kappa shape index (κ3) is 30.8. The number of aromatic nitrogens is 3. The number of rotatable bonds is 53. The molecule has 34 nitrogen and oxygen atoms in total. The number of carboxylic acid groups (broad SMARTS) is 1. The number of nitrogens with two attached hydrogens (primary N) is 1. The van der Waals surface area contributed by atoms with E-state index in [2.05, 4.69) is 57.9 Å². The maximum Gasteiger partial charge on any atom is 0.410 e. The zero-order chi connectivity index (χ0) is 90.7. The number of carbonyl (C=O) groups is 11. The number of hydrazine groups is 1. The summed E-state index contributed by atoms with van der Waals surface area (Å²) < 4.78 is 31.4. The summed E-state index contributed by atoms with van der Waals surface area (Å²) in [5.41, 5.74) is 12.3. The molecule has 0 spiro atoms. The fraction of sp³-hybridized carbons (Fsp3) is 0.629. The molecule has 7 rings (SSSR count). The predicted molar refractivity (Wildman–Crippen MR) is 472 cm³/mol. The quantitative estimate of drug-likeness (QED) is 0.0134. The Morgan fingerprint density at radius 2 is 1.43 bits per heavy atom. The number of primary amides is 1. The van der Waals surface area contributed by atoms with Crippen molar-refractivity contribution < 1.29 is 81.5 Å². The number of ether oxygens (including phenoxy) is 5. The van der Waals surface area contributed by atoms with E-state index in [-0.39, 0.29) is 145 Å². The van der Waals surface area contributed by atoms with Crippen molar-refractivity contribution in [2.45, 2.75) is 226 Å². The molecular formula is C89H137N17O17S. The normalized spacial score (nSPS) is 16.2. The molecule has 11 atom stereocenters. The van der Waals surface area contributed by atoms with Gasteiger partial charge in [-0.15, -0.1) is 11.3 Å². The lowest BCUT2D eigenvalue weighted by atomic mass is 9.89. The van der Waals surface area contributed by atoms with Crippen LogP contribution in [0.1, 0.15) is 167 Å². The highest BCUT2D eigenvalue weighted by Crippen LogP contribution is 2.32. The van der Waals surface area contributed by atoms with Gasteiger partial charge < -0.3 is 90.6 Å². The zero-order valence-electron chi connectivity index (χ0n) is 75.2. The molecule has 0 saturated carbocycles. The molecule has 3 aromatic heterocycles. The first-order chi connectivity index (χ1) is 59.3. The molecule has 2 fully saturated rings. The number of benzene rings is 2. The highest BCUT2D eigenvalue weighted by Gasteiger charge is 2.45. The van der Waals surface area contributed by atoms with Gasteiger partial charge in [-0.1, -0.05) is 111 Å². The highest BCUT2D eigenvalue weighted by molar-refractivity contribution is 7.09. The van der Waals surface area contributed by atoms with Gasteiger partial charge in [0.2, 0.25) is 47.3 Å². The van der Waals surface area contributed by atoms with Gasteiger partial charge in [-0.3, -0.25) is 53.5 Å². The van der Waals surface area contributed by atoms with E-state index in [1.54, 1.807) is 79.4 Å². The molecule has 2 aliphatic heterocycles. The number of hydrogen-bond acceptors (Lipinski definition) is 22. The summed E-state index contributed by atoms with van der Waals surface area (Å²) in [5, 5.41) is 32.7. The van der Waals surface area contributed by atoms with E-state index in [9.17, 15) is 52.7 Å². The molecule has 35 heteroatoms. The molecule has 5 heterocycles. The van der Waals surface area contributed by atoms with Gasteiger partial charge >= 0.3 is 18.1 Å². The predicted octanol–water partition coefficient (Wildman–Crippen LogP) is 7.50. The minimum Gasteiger partial charge on any atom is -0.481 e. The number of likely N-dealkylation sites (N-methyl/N-ethyl adjacent to an activating group) is 2. The molecule has 124 heavy (non-hydrogen) atoms. The first kappa shape index (κ1) is 101. The van der Waals surface area contributed by atoms with Crippen LogP contribution in [-0.4, -0.2) is 277 Å². The number of amides is 11. The van der Waals surface area contributed by atoms with Gasteiger partial charge in [-0.05, 0) is 117 Å². The fourth-order valence-electron chi connectivity index (χ4n) is 16.2. The van der Waals surface area contributed by atoms with Gasteiger partial charge in [-0.2, -0.15) is 0 Å². The lowest BCUT2D eigenvalue weighted by Gasteiger charge is -2.41. The molecule has 2 aliphatic rings. The van der Waals surface area contributed by atoms with Crippen LogP contribution in [0.3, 0.4) is 0 Å². The number of hydrogen-bond donors (Lipinski definition) is 9. The second-order valence-electron chi connectivity index (χ2n) is 33.4. The van der Waals surface area contributed by atoms with Crippen LogP contribution in [-0.2, 0) is 93.0 Å². The van der Waals surface area contributed by atoms with Crippen molar-refractivity contribution in [3.8, 4) is 0 Å². The number of pyridine rings is 1. The summed E-state index contributed by atoms with van der Waals surface area (Å²) in [6, 6.07) is 16.6. The number of piperidine rings is 1. The summed E-state index contributed by atoms with van der Waals surface area (Å²) in [7, 11) is 9.97. The van der Waals surface area contributed by atoms with Crippen LogP contribution in [0.2, 0.25) is 0 Å². The molecule has 0 radical (unpaired) electrons. The third-order valence-corrected chi connectivity index (χ3v) is 24.5. The Kier molecular flexibility index (Phi) is 42.2. The van der Waals surface area contributed by atoms with E-state index >= 15 is 0 Å². The fourth-order valence-corrected chi connectivity index (χ4v) is 16.9. The van der Waals surface area contributed by atoms with Crippen molar-refractivity contribution in [3.05, 3.63) is 112 Å². The molecule has 686 valence electrons. The van der Waals surface area contributed by atoms with E-state index in [0.29, 0.717) is 88.9 Å². The lowest BCUT2D eigenvalue weighted by molar-refractivity contribution is -0.148. The number of likely N-dealkylation sites (tertiary alicyclic amines) is 2. The SMILES string of the molecule is CC[C@H](C)[C@@H]([C@@H](CC(=O)N1CCC[C@H]1[C@H](OC)[C@@H](C)C(=O)N[C@@H](Cc1ccccc1)c1nccs1)OC)N(C)C(=O)[C@@H](NC(=O)[C@H](C(C)C)N(C)C(=O)OCc1ccc(NC(=O)[C@H](CCCNC(N)=O)NC[C@@H](NC(=O)CCC(=O)N(CCOCCOCCC(=O)O)C2CCN(C(=O)CCn3c(CN(C)NC)cc4cccnc43)CC2)C(C)C)cc1)C(C)C. The van der Waals surface area contributed by atoms with Crippen molar-refractivity contribution in [2.75, 3.05) is 113 Å². The van der Waals surface area contributed by atoms with Crippen LogP contribution < -0.4 is 43.1 Å². The molecule has 11 amide bonds. The molecule has 0 unspecified atom stereocenters. The van der Waals surface area contributed by atoms with Gasteiger partial charge in [0.15, 0.2) is 0 Å². The van der Waals surface area contributed by atoms with Gasteiger partial charge in [0.1, 0.15) is 29.3 Å². The van der Waals surface area contributed by atoms with Crippen LogP contribution in [0.25, 0.3) is 11.0 Å². The number of carboxylic acids is 1. The maximum absolute atomic E-state index is 15.0. The minimum absolute atomic E-state index is 0.0119. The van der Waals surface area contributed by atoms with Crippen LogP contribution in [0.4, 0.5) is 15.3 Å². The summed E-state index contributed by atoms with van der Waals surface area (Å²) in [6.07, 6.45) is 5.08. The molecule has 5 aromatic rings. The Bertz CT molecular complexity index is 4190. The van der Waals surface area contributed by atoms with Crippen molar-refractivity contribution in [3.63, 3.8) is 0 Å². The monoisotopic (exact) mass is 1750 g/mol. The van der Waals surface area contributed by atoms with Crippen LogP contribution in [0.5, 0.6) is 0 Å². The van der Waals surface area contributed by atoms with Crippen molar-refractivity contribution in [1.29, 1.82) is 0 Å². The number of nitrogens with one attached hydrogen (secondary N) is 7. The van der Waals surface area contributed by atoms with Gasteiger partial charge in [0.25, 0.3) is 0 Å². The lowest BCUT2D eigenvalue weighted by Crippen LogP contribution is -2.60. The van der Waals surface area contributed by atoms with Crippen LogP contribution in [0, 0.1) is 29.6 Å². The van der Waals surface area contributed by atoms with Crippen molar-refractivity contribution >= 4 is 93.4 Å². The van der Waals surface area contributed by atoms with E-state index in [1.165, 1.54) is 30.4 Å². The number of urea groups is 1. The van der Waals surface area contributed by atoms with E-state index in [1.807, 2.05) is 120 Å². The number of anilines is 1. The molecule has 2 saturated heterocycles. The van der Waals surface area contributed by atoms with E-state index in [4.69, 9.17) is 34.5 Å². The third-order valence-electron chi connectivity index (χ3n) is 23.6. The Labute approximate surface area is 734 Å². The second-order valence-corrected chi connectivity index (χ2v) is 34.3. The molecule has 0 aliphatic carbocycles. The van der Waals surface area contributed by atoms with Crippen molar-refractivity contribution in [2.24, 2.45) is 35.3 Å². The van der Waals surface area contributed by atoms with Crippen LogP contribution >= 0.6 is 11.3 Å². The zero-order valence-corrected chi connectivity index (χ0v) is 76.0. The maximum atomic E-state index is 15.0. The van der Waals surface area contributed by atoms with Crippen molar-refractivity contribution in [1.82, 2.24) is 76.1 Å². The smallest absolute Gasteiger partial charge is 0.410 e. The number of carbonyl (C=O) groups excluding carboxylic acids is 10. The first-order valence-corrected chi connectivity index (χ1v) is 44.4. The number of fused-ring (bicyclic) bond motifs is 1. The van der Waals surface area contributed by atoms with Gasteiger partial charge in [-0.25, -0.2) is 24.6 Å². The van der Waals surface area contributed by atoms with Gasteiger partial charge in [0.05, 0.1) is 88.1 Å². The number of aryl methyl sites for hydroxylation is 1. The Hall–Kier alpha value is -9.75.